The summed E-state index contributed by atoms with van der Waals surface area (Å²) in [5.74, 6) is -1.69. The van der Waals surface area contributed by atoms with Crippen molar-refractivity contribution in [3.05, 3.63) is 82.9 Å². The number of urea groups is 1. The molecule has 3 atom stereocenters. The summed E-state index contributed by atoms with van der Waals surface area (Å²) in [7, 11) is 0. The predicted molar refractivity (Wildman–Crippen MR) is 129 cm³/mol. The van der Waals surface area contributed by atoms with Crippen LogP contribution in [0.2, 0.25) is 0 Å². The highest BCUT2D eigenvalue weighted by Crippen LogP contribution is 2.31. The molecular formula is C25H24N4O4S. The van der Waals surface area contributed by atoms with Crippen LogP contribution >= 0.6 is 11.3 Å². The van der Waals surface area contributed by atoms with Crippen LogP contribution in [0, 0.1) is 0 Å². The Bertz CT molecular complexity index is 1210. The Labute approximate surface area is 201 Å². The van der Waals surface area contributed by atoms with Crippen LogP contribution in [0.5, 0.6) is 0 Å². The number of carbonyl (C=O) groups is 4. The molecule has 0 aliphatic carbocycles. The molecule has 1 aliphatic heterocycles. The van der Waals surface area contributed by atoms with Gasteiger partial charge in [-0.3, -0.25) is 14.4 Å². The van der Waals surface area contributed by atoms with Crippen molar-refractivity contribution in [1.29, 1.82) is 0 Å². The van der Waals surface area contributed by atoms with Crippen molar-refractivity contribution in [2.24, 2.45) is 0 Å². The van der Waals surface area contributed by atoms with E-state index in [1.54, 1.807) is 43.5 Å². The van der Waals surface area contributed by atoms with Gasteiger partial charge in [0.1, 0.15) is 17.8 Å². The van der Waals surface area contributed by atoms with Crippen LogP contribution in [-0.4, -0.2) is 39.6 Å². The number of benzene rings is 2. The molecule has 1 aromatic heterocycles. The second kappa shape index (κ2) is 9.96. The van der Waals surface area contributed by atoms with Crippen LogP contribution in [0.25, 0.3) is 0 Å². The van der Waals surface area contributed by atoms with Crippen LogP contribution in [0.1, 0.15) is 53.8 Å². The van der Waals surface area contributed by atoms with Crippen LogP contribution in [0.15, 0.2) is 66.0 Å². The SMILES string of the molecule is CCC(=O)c1csc(NC(=O)[C@H]([C@@H](C)c2ccccc2)N2C(=O)N[C@H](c3ccccc3)C2=O)n1. The number of Topliss-reactive ketones (excluding diaryl/α,β-unsaturated/α-hetero) is 1. The molecule has 0 saturated carbocycles. The smallest absolute Gasteiger partial charge is 0.322 e. The summed E-state index contributed by atoms with van der Waals surface area (Å²) in [5.41, 5.74) is 1.71. The molecule has 4 amide bonds. The molecule has 0 bridgehead atoms. The maximum Gasteiger partial charge on any atom is 0.325 e. The molecular weight excluding hydrogens is 452 g/mol. The highest BCUT2D eigenvalue weighted by Gasteiger charge is 2.47. The zero-order valence-corrected chi connectivity index (χ0v) is 19.5. The molecule has 0 unspecified atom stereocenters. The van der Waals surface area contributed by atoms with E-state index in [0.29, 0.717) is 12.0 Å². The number of anilines is 1. The van der Waals surface area contributed by atoms with Crippen molar-refractivity contribution in [2.75, 3.05) is 5.32 Å². The number of nitrogens with zero attached hydrogens (tertiary/aromatic N) is 2. The number of hydrogen-bond acceptors (Lipinski definition) is 6. The number of nitrogens with one attached hydrogen (secondary N) is 2. The molecule has 0 radical (unpaired) electrons. The maximum atomic E-state index is 13.5. The lowest BCUT2D eigenvalue weighted by molar-refractivity contribution is -0.134. The fraction of sp³-hybridized carbons (Fsp3) is 0.240. The van der Waals surface area contributed by atoms with Crippen molar-refractivity contribution in [3.63, 3.8) is 0 Å². The van der Waals surface area contributed by atoms with Gasteiger partial charge in [0.2, 0.25) is 5.91 Å². The van der Waals surface area contributed by atoms with Crippen LogP contribution < -0.4 is 10.6 Å². The summed E-state index contributed by atoms with van der Waals surface area (Å²) in [6, 6.07) is 15.5. The van der Waals surface area contributed by atoms with Crippen molar-refractivity contribution < 1.29 is 19.2 Å². The van der Waals surface area contributed by atoms with E-state index < -0.39 is 35.8 Å². The number of imide groups is 1. The highest BCUT2D eigenvalue weighted by atomic mass is 32.1. The molecule has 3 aromatic rings. The number of carbonyl (C=O) groups excluding carboxylic acids is 4. The van der Waals surface area contributed by atoms with E-state index in [1.165, 1.54) is 0 Å². The molecule has 1 saturated heterocycles. The van der Waals surface area contributed by atoms with Gasteiger partial charge in [-0.05, 0) is 11.1 Å². The van der Waals surface area contributed by atoms with Crippen LogP contribution in [0.3, 0.4) is 0 Å². The summed E-state index contributed by atoms with van der Waals surface area (Å²) in [5, 5.41) is 7.22. The van der Waals surface area contributed by atoms with Crippen LogP contribution in [0.4, 0.5) is 9.93 Å². The average molecular weight is 477 g/mol. The summed E-state index contributed by atoms with van der Waals surface area (Å²) < 4.78 is 0. The second-order valence-corrected chi connectivity index (χ2v) is 8.81. The molecule has 1 fully saturated rings. The van der Waals surface area contributed by atoms with E-state index in [0.717, 1.165) is 21.8 Å². The lowest BCUT2D eigenvalue weighted by atomic mass is 9.91. The van der Waals surface area contributed by atoms with Gasteiger partial charge >= 0.3 is 6.03 Å². The Hall–Kier alpha value is -3.85. The quantitative estimate of drug-likeness (QED) is 0.375. The number of ketones is 1. The van der Waals surface area contributed by atoms with E-state index in [1.807, 2.05) is 36.4 Å². The van der Waals surface area contributed by atoms with Gasteiger partial charge in [-0.1, -0.05) is 74.5 Å². The topological polar surface area (TPSA) is 108 Å². The van der Waals surface area contributed by atoms with Gasteiger partial charge in [0.25, 0.3) is 5.91 Å². The number of hydrogen-bond donors (Lipinski definition) is 2. The molecule has 0 spiro atoms. The van der Waals surface area contributed by atoms with Crippen molar-refractivity contribution in [1.82, 2.24) is 15.2 Å². The van der Waals surface area contributed by atoms with E-state index in [2.05, 4.69) is 15.6 Å². The van der Waals surface area contributed by atoms with Crippen molar-refractivity contribution in [2.45, 2.75) is 38.3 Å². The monoisotopic (exact) mass is 476 g/mol. The first-order valence-electron chi connectivity index (χ1n) is 10.9. The Kier molecular flexibility index (Phi) is 6.83. The molecule has 8 nitrogen and oxygen atoms in total. The number of rotatable bonds is 8. The lowest BCUT2D eigenvalue weighted by Gasteiger charge is -2.29. The number of thiazole rings is 1. The van der Waals surface area contributed by atoms with Gasteiger partial charge in [-0.25, -0.2) is 14.7 Å². The molecule has 34 heavy (non-hydrogen) atoms. The molecule has 2 aromatic carbocycles. The largest absolute Gasteiger partial charge is 0.325 e. The van der Waals surface area contributed by atoms with Gasteiger partial charge in [-0.2, -0.15) is 0 Å². The van der Waals surface area contributed by atoms with Gasteiger partial charge in [0, 0.05) is 17.7 Å². The average Bonchev–Trinajstić information content (AvgIpc) is 3.44. The van der Waals surface area contributed by atoms with Gasteiger partial charge in [-0.15, -0.1) is 11.3 Å². The lowest BCUT2D eigenvalue weighted by Crippen LogP contribution is -2.50. The first-order valence-corrected chi connectivity index (χ1v) is 11.8. The Morgan fingerprint density at radius 3 is 2.38 bits per heavy atom. The maximum absolute atomic E-state index is 13.5. The van der Waals surface area contributed by atoms with E-state index >= 15 is 0 Å². The fourth-order valence-corrected chi connectivity index (χ4v) is 4.67. The minimum atomic E-state index is -1.13. The third-order valence-corrected chi connectivity index (χ3v) is 6.55. The third kappa shape index (κ3) is 4.60. The van der Waals surface area contributed by atoms with Gasteiger partial charge in [0.05, 0.1) is 0 Å². The molecule has 2 N–H and O–H groups in total. The van der Waals surface area contributed by atoms with E-state index in [4.69, 9.17) is 0 Å². The number of aromatic nitrogens is 1. The van der Waals surface area contributed by atoms with Crippen molar-refractivity contribution >= 4 is 40.1 Å². The summed E-state index contributed by atoms with van der Waals surface area (Å²) >= 11 is 1.12. The fourth-order valence-electron chi connectivity index (χ4n) is 3.96. The molecule has 4 rings (SSSR count). The minimum Gasteiger partial charge on any atom is -0.322 e. The van der Waals surface area contributed by atoms with E-state index in [-0.39, 0.29) is 16.6 Å². The summed E-state index contributed by atoms with van der Waals surface area (Å²) in [4.78, 5) is 57.0. The Morgan fingerprint density at radius 2 is 1.74 bits per heavy atom. The Morgan fingerprint density at radius 1 is 1.09 bits per heavy atom. The zero-order chi connectivity index (χ0) is 24.2. The zero-order valence-electron chi connectivity index (χ0n) is 18.7. The molecule has 2 heterocycles. The molecule has 9 heteroatoms. The third-order valence-electron chi connectivity index (χ3n) is 5.79. The van der Waals surface area contributed by atoms with Crippen LogP contribution in [-0.2, 0) is 9.59 Å². The molecule has 174 valence electrons. The summed E-state index contributed by atoms with van der Waals surface area (Å²) in [6.45, 7) is 3.53. The van der Waals surface area contributed by atoms with Gasteiger partial charge in [0.15, 0.2) is 10.9 Å². The van der Waals surface area contributed by atoms with Gasteiger partial charge < -0.3 is 10.6 Å². The first-order chi connectivity index (χ1) is 16.4. The normalized spacial score (nSPS) is 17.2. The number of amides is 4. The van der Waals surface area contributed by atoms with Crippen molar-refractivity contribution in [3.8, 4) is 0 Å². The molecule has 1 aliphatic rings. The minimum absolute atomic E-state index is 0.134. The first kappa shape index (κ1) is 23.3. The second-order valence-electron chi connectivity index (χ2n) is 7.95. The standard InChI is InChI=1S/C25H24N4O4S/c1-3-19(30)18-14-34-24(26-18)28-22(31)21(15(2)16-10-6-4-7-11-16)29-23(32)20(27-25(29)33)17-12-8-5-9-13-17/h4-15,20-21H,3H2,1-2H3,(H,27,33)(H,26,28,31)/t15-,20+,21-/m0/s1. The summed E-state index contributed by atoms with van der Waals surface area (Å²) in [6.07, 6.45) is 0.300. The highest BCUT2D eigenvalue weighted by molar-refractivity contribution is 7.14. The van der Waals surface area contributed by atoms with E-state index in [9.17, 15) is 19.2 Å². The Balaban J connectivity index is 1.66. The predicted octanol–water partition coefficient (Wildman–Crippen LogP) is 4.14.